The van der Waals surface area contributed by atoms with Crippen LogP contribution in [-0.2, 0) is 28.2 Å². The van der Waals surface area contributed by atoms with Crippen LogP contribution in [0.25, 0.3) is 5.69 Å². The summed E-state index contributed by atoms with van der Waals surface area (Å²) in [5, 5.41) is 8.67. The average Bonchev–Trinajstić information content (AvgIpc) is 3.99. The molecule has 2 aliphatic rings. The van der Waals surface area contributed by atoms with E-state index in [1.807, 2.05) is 68.4 Å². The molecule has 0 amide bonds. The highest BCUT2D eigenvalue weighted by atomic mass is 19.1. The second kappa shape index (κ2) is 16.7. The first-order valence-corrected chi connectivity index (χ1v) is 19.4. The lowest BCUT2D eigenvalue weighted by atomic mass is 9.89. The summed E-state index contributed by atoms with van der Waals surface area (Å²) in [6.07, 6.45) is 5.06. The molecule has 4 atom stereocenters. The Balaban J connectivity index is 0.851. The minimum atomic E-state index is -1.09. The number of ether oxygens (including phenoxy) is 3. The van der Waals surface area contributed by atoms with E-state index < -0.39 is 17.2 Å². The molecule has 0 spiro atoms. The molecule has 0 bridgehead atoms. The van der Waals surface area contributed by atoms with Gasteiger partial charge in [0.05, 0.1) is 37.6 Å². The summed E-state index contributed by atoms with van der Waals surface area (Å²) in [5.74, 6) is -0.636. The summed E-state index contributed by atoms with van der Waals surface area (Å²) >= 11 is 0. The van der Waals surface area contributed by atoms with Crippen molar-refractivity contribution in [3.63, 3.8) is 0 Å². The fraction of sp³-hybridized carbons (Fsp3) is 0.349. The zero-order valence-corrected chi connectivity index (χ0v) is 32.0. The van der Waals surface area contributed by atoms with Crippen molar-refractivity contribution in [3.8, 4) is 11.4 Å². The summed E-state index contributed by atoms with van der Waals surface area (Å²) in [6.45, 7) is 8.29. The average molecular weight is 777 g/mol. The fourth-order valence-electron chi connectivity index (χ4n) is 7.94. The molecule has 4 aromatic carbocycles. The molecule has 6 aromatic rings. The van der Waals surface area contributed by atoms with E-state index in [0.29, 0.717) is 25.2 Å². The number of anilines is 2. The number of benzene rings is 4. The van der Waals surface area contributed by atoms with Crippen molar-refractivity contribution >= 4 is 11.4 Å². The van der Waals surface area contributed by atoms with Gasteiger partial charge in [-0.05, 0) is 73.5 Å². The Morgan fingerprint density at radius 1 is 0.860 bits per heavy atom. The molecule has 8 rings (SSSR count). The number of aromatic nitrogens is 6. The van der Waals surface area contributed by atoms with Gasteiger partial charge in [0, 0.05) is 55.6 Å². The van der Waals surface area contributed by atoms with Crippen LogP contribution in [0.5, 0.6) is 5.75 Å². The van der Waals surface area contributed by atoms with Crippen molar-refractivity contribution in [2.75, 3.05) is 42.6 Å². The van der Waals surface area contributed by atoms with Gasteiger partial charge >= 0.3 is 5.69 Å². The van der Waals surface area contributed by atoms with Gasteiger partial charge in [-0.3, -0.25) is 0 Å². The van der Waals surface area contributed by atoms with Crippen molar-refractivity contribution in [3.05, 3.63) is 149 Å². The zero-order valence-electron chi connectivity index (χ0n) is 32.0. The molecule has 296 valence electrons. The van der Waals surface area contributed by atoms with Crippen LogP contribution >= 0.6 is 0 Å². The van der Waals surface area contributed by atoms with Crippen molar-refractivity contribution in [2.24, 2.45) is 0 Å². The lowest BCUT2D eigenvalue weighted by molar-refractivity contribution is -0.0212. The van der Waals surface area contributed by atoms with E-state index in [-0.39, 0.29) is 42.7 Å². The monoisotopic (exact) mass is 776 g/mol. The molecule has 2 aliphatic heterocycles. The SMILES string of the molecule is CC[C@@H]([C@H](C)OCc1ccccc1)n1ncn(-c2ccc(N3CCN(c4ccc(OC5CO[C@@](Cn6cncn6)(c6ccc(F)cc6F)C5)cc4)CC3)cc2)c1=O. The van der Waals surface area contributed by atoms with E-state index in [1.54, 1.807) is 21.9 Å². The van der Waals surface area contributed by atoms with Crippen molar-refractivity contribution in [2.45, 2.75) is 63.7 Å². The Bertz CT molecular complexity index is 2280. The van der Waals surface area contributed by atoms with Crippen LogP contribution < -0.4 is 20.2 Å². The maximum Gasteiger partial charge on any atom is 0.350 e. The minimum absolute atomic E-state index is 0.192. The normalized spacial score (nSPS) is 19.5. The maximum absolute atomic E-state index is 15.0. The quantitative estimate of drug-likeness (QED) is 0.122. The fourth-order valence-corrected chi connectivity index (χ4v) is 7.94. The molecular weight excluding hydrogens is 731 g/mol. The lowest BCUT2D eigenvalue weighted by Crippen LogP contribution is -2.46. The highest BCUT2D eigenvalue weighted by Gasteiger charge is 2.45. The molecule has 57 heavy (non-hydrogen) atoms. The van der Waals surface area contributed by atoms with Gasteiger partial charge in [0.1, 0.15) is 48.1 Å². The third kappa shape index (κ3) is 8.33. The molecular formula is C43H46F2N8O4. The molecule has 14 heteroatoms. The zero-order chi connectivity index (χ0) is 39.4. The van der Waals surface area contributed by atoms with Gasteiger partial charge < -0.3 is 24.0 Å². The summed E-state index contributed by atoms with van der Waals surface area (Å²) < 4.78 is 52.2. The first-order valence-electron chi connectivity index (χ1n) is 19.4. The number of hydrogen-bond donors (Lipinski definition) is 0. The van der Waals surface area contributed by atoms with Gasteiger partial charge in [-0.15, -0.1) is 0 Å². The Hall–Kier alpha value is -5.86. The van der Waals surface area contributed by atoms with Crippen LogP contribution in [-0.4, -0.2) is 74.1 Å². The molecule has 0 N–H and O–H groups in total. The van der Waals surface area contributed by atoms with Crippen LogP contribution in [0.15, 0.2) is 121 Å². The Kier molecular flexibility index (Phi) is 11.1. The van der Waals surface area contributed by atoms with E-state index in [2.05, 4.69) is 49.2 Å². The van der Waals surface area contributed by atoms with E-state index in [0.717, 1.165) is 54.9 Å². The molecule has 0 aliphatic carbocycles. The van der Waals surface area contributed by atoms with Gasteiger partial charge in [0.2, 0.25) is 0 Å². The highest BCUT2D eigenvalue weighted by molar-refractivity contribution is 5.55. The molecule has 2 aromatic heterocycles. The third-order valence-electron chi connectivity index (χ3n) is 11.0. The standard InChI is InChI=1S/C43H46F2N8O4/c1-3-41(31(2)55-25-32-7-5-4-6-8-32)53-42(54)52(30-48-53)36-12-10-34(11-13-36)49-19-21-50(22-20-49)35-14-16-37(17-15-35)57-38-24-43(56-26-38,27-51-29-46-28-47-51)39-18-9-33(44)23-40(39)45/h4-18,23,28-31,38,41H,3,19-22,24-27H2,1-2H3/t31-,38?,41-,43-/m0/s1. The van der Waals surface area contributed by atoms with Crippen molar-refractivity contribution in [1.29, 1.82) is 0 Å². The van der Waals surface area contributed by atoms with Crippen LogP contribution in [0, 0.1) is 11.6 Å². The molecule has 12 nitrogen and oxygen atoms in total. The molecule has 1 unspecified atom stereocenters. The Morgan fingerprint density at radius 2 is 1.54 bits per heavy atom. The number of hydrogen-bond acceptors (Lipinski definition) is 9. The van der Waals surface area contributed by atoms with Crippen LogP contribution in [0.1, 0.15) is 43.9 Å². The smallest absolute Gasteiger partial charge is 0.350 e. The molecule has 2 saturated heterocycles. The topological polar surface area (TPSA) is 105 Å². The van der Waals surface area contributed by atoms with Crippen molar-refractivity contribution in [1.82, 2.24) is 29.1 Å². The summed E-state index contributed by atoms with van der Waals surface area (Å²) in [6, 6.07) is 29.4. The number of nitrogens with zero attached hydrogens (tertiary/aromatic N) is 8. The van der Waals surface area contributed by atoms with E-state index in [4.69, 9.17) is 14.2 Å². The van der Waals surface area contributed by atoms with Crippen LogP contribution in [0.4, 0.5) is 20.2 Å². The molecule has 0 saturated carbocycles. The largest absolute Gasteiger partial charge is 0.488 e. The second-order valence-corrected chi connectivity index (χ2v) is 14.7. The molecule has 4 heterocycles. The van der Waals surface area contributed by atoms with Crippen LogP contribution in [0.2, 0.25) is 0 Å². The Labute approximate surface area is 329 Å². The predicted octanol–water partition coefficient (Wildman–Crippen LogP) is 6.55. The van der Waals surface area contributed by atoms with Crippen LogP contribution in [0.3, 0.4) is 0 Å². The lowest BCUT2D eigenvalue weighted by Gasteiger charge is -2.37. The van der Waals surface area contributed by atoms with Gasteiger partial charge in [-0.1, -0.05) is 43.3 Å². The van der Waals surface area contributed by atoms with E-state index in [1.165, 1.54) is 23.1 Å². The van der Waals surface area contributed by atoms with Gasteiger partial charge in [0.15, 0.2) is 0 Å². The van der Waals surface area contributed by atoms with Crippen molar-refractivity contribution < 1.29 is 23.0 Å². The van der Waals surface area contributed by atoms with Gasteiger partial charge in [-0.25, -0.2) is 32.5 Å². The summed E-state index contributed by atoms with van der Waals surface area (Å²) in [7, 11) is 0. The second-order valence-electron chi connectivity index (χ2n) is 14.7. The molecule has 2 fully saturated rings. The minimum Gasteiger partial charge on any atom is -0.488 e. The predicted molar refractivity (Wildman–Crippen MR) is 212 cm³/mol. The van der Waals surface area contributed by atoms with E-state index in [9.17, 15) is 9.18 Å². The number of halogens is 2. The summed E-state index contributed by atoms with van der Waals surface area (Å²) in [4.78, 5) is 22.2. The van der Waals surface area contributed by atoms with E-state index >= 15 is 4.39 Å². The maximum atomic E-state index is 15.0. The first-order chi connectivity index (χ1) is 27.8. The molecule has 0 radical (unpaired) electrons. The van der Waals surface area contributed by atoms with Gasteiger partial charge in [0.25, 0.3) is 0 Å². The highest BCUT2D eigenvalue weighted by Crippen LogP contribution is 2.41. The summed E-state index contributed by atoms with van der Waals surface area (Å²) in [5.41, 5.74) is 3.01. The first kappa shape index (κ1) is 38.0. The van der Waals surface area contributed by atoms with Gasteiger partial charge in [-0.2, -0.15) is 10.2 Å². The third-order valence-corrected chi connectivity index (χ3v) is 11.0. The Morgan fingerprint density at radius 3 is 2.19 bits per heavy atom. The number of piperazine rings is 1. The number of rotatable bonds is 14.